The third-order valence-corrected chi connectivity index (χ3v) is 2.13. The van der Waals surface area contributed by atoms with Gasteiger partial charge in [-0.15, -0.1) is 0 Å². The minimum Gasteiger partial charge on any atom is -0.496 e. The molecule has 0 atom stereocenters. The molecule has 6 heteroatoms. The Balaban J connectivity index is 2.58. The Labute approximate surface area is 111 Å². The van der Waals surface area contributed by atoms with Crippen LogP contribution in [-0.2, 0) is 9.59 Å². The van der Waals surface area contributed by atoms with Gasteiger partial charge in [-0.05, 0) is 26.0 Å². The molecule has 0 aliphatic carbocycles. The van der Waals surface area contributed by atoms with Crippen molar-refractivity contribution < 1.29 is 14.3 Å². The maximum atomic E-state index is 11.4. The lowest BCUT2D eigenvalue weighted by atomic mass is 10.2. The van der Waals surface area contributed by atoms with E-state index in [4.69, 9.17) is 4.74 Å². The van der Waals surface area contributed by atoms with Crippen molar-refractivity contribution in [3.05, 3.63) is 29.8 Å². The van der Waals surface area contributed by atoms with Gasteiger partial charge in [0.15, 0.2) is 0 Å². The van der Waals surface area contributed by atoms with Gasteiger partial charge < -0.3 is 10.1 Å². The van der Waals surface area contributed by atoms with Crippen molar-refractivity contribution in [2.75, 3.05) is 7.11 Å². The van der Waals surface area contributed by atoms with Gasteiger partial charge in [-0.3, -0.25) is 9.59 Å². The van der Waals surface area contributed by atoms with E-state index in [1.54, 1.807) is 33.1 Å². The van der Waals surface area contributed by atoms with E-state index in [1.807, 2.05) is 12.1 Å². The average Bonchev–Trinajstić information content (AvgIpc) is 2.38. The molecule has 0 aromatic heterocycles. The molecule has 6 nitrogen and oxygen atoms in total. The van der Waals surface area contributed by atoms with Crippen LogP contribution in [0.25, 0.3) is 0 Å². The molecule has 0 saturated heterocycles. The highest BCUT2D eigenvalue weighted by Crippen LogP contribution is 2.14. The van der Waals surface area contributed by atoms with Crippen LogP contribution in [0, 0.1) is 0 Å². The van der Waals surface area contributed by atoms with Gasteiger partial charge in [-0.2, -0.15) is 5.10 Å². The number of rotatable bonds is 4. The van der Waals surface area contributed by atoms with Gasteiger partial charge in [0.25, 0.3) is 0 Å². The number of methoxy groups -OCH3 is 1. The van der Waals surface area contributed by atoms with Gasteiger partial charge in [0.1, 0.15) is 5.75 Å². The molecule has 0 aliphatic heterocycles. The minimum absolute atomic E-state index is 0.101. The fraction of sp³-hybridized carbons (Fsp3) is 0.308. The molecule has 1 rings (SSSR count). The van der Waals surface area contributed by atoms with Gasteiger partial charge in [0, 0.05) is 11.6 Å². The number of carbonyl (C=O) groups is 2. The zero-order valence-electron chi connectivity index (χ0n) is 11.1. The zero-order valence-corrected chi connectivity index (χ0v) is 11.1. The topological polar surface area (TPSA) is 79.8 Å². The van der Waals surface area contributed by atoms with E-state index in [1.165, 1.54) is 6.21 Å². The first kappa shape index (κ1) is 14.7. The van der Waals surface area contributed by atoms with Crippen molar-refractivity contribution in [3.63, 3.8) is 0 Å². The van der Waals surface area contributed by atoms with Crippen LogP contribution in [0.5, 0.6) is 5.75 Å². The van der Waals surface area contributed by atoms with Crippen molar-refractivity contribution in [1.82, 2.24) is 10.7 Å². The molecular weight excluding hydrogens is 246 g/mol. The smallest absolute Gasteiger partial charge is 0.329 e. The highest BCUT2D eigenvalue weighted by Gasteiger charge is 2.12. The molecule has 102 valence electrons. The van der Waals surface area contributed by atoms with Gasteiger partial charge in [0.2, 0.25) is 0 Å². The third-order valence-electron chi connectivity index (χ3n) is 2.13. The number of hydrogen-bond donors (Lipinski definition) is 2. The molecule has 1 aromatic rings. The lowest BCUT2D eigenvalue weighted by Gasteiger charge is -2.06. The Morgan fingerprint density at radius 2 is 1.95 bits per heavy atom. The van der Waals surface area contributed by atoms with Crippen LogP contribution in [0.3, 0.4) is 0 Å². The second kappa shape index (κ2) is 7.15. The number of nitrogens with zero attached hydrogens (tertiary/aromatic N) is 1. The second-order valence-electron chi connectivity index (χ2n) is 4.07. The molecule has 0 spiro atoms. The van der Waals surface area contributed by atoms with Crippen molar-refractivity contribution in [3.8, 4) is 5.75 Å². The van der Waals surface area contributed by atoms with Crippen molar-refractivity contribution >= 4 is 18.0 Å². The summed E-state index contributed by atoms with van der Waals surface area (Å²) in [4.78, 5) is 22.7. The van der Waals surface area contributed by atoms with Crippen LogP contribution in [0.2, 0.25) is 0 Å². The summed E-state index contributed by atoms with van der Waals surface area (Å²) in [5, 5.41) is 6.18. The summed E-state index contributed by atoms with van der Waals surface area (Å²) in [5.74, 6) is -0.890. The number of para-hydroxylation sites is 1. The standard InChI is InChI=1S/C13H17N3O3/c1-9(2)15-12(17)13(18)16-14-8-10-6-4-5-7-11(10)19-3/h4-9H,1-3H3,(H,15,17)(H,16,18)/b14-8+. The Kier molecular flexibility index (Phi) is 5.53. The monoisotopic (exact) mass is 263 g/mol. The SMILES string of the molecule is COc1ccccc1/C=N/NC(=O)C(=O)NC(C)C. The van der Waals surface area contributed by atoms with Crippen LogP contribution < -0.4 is 15.5 Å². The first-order valence-corrected chi connectivity index (χ1v) is 5.81. The Hall–Kier alpha value is -2.37. The fourth-order valence-electron chi connectivity index (χ4n) is 1.31. The van der Waals surface area contributed by atoms with E-state index in [-0.39, 0.29) is 6.04 Å². The number of nitrogens with one attached hydrogen (secondary N) is 2. The molecule has 0 radical (unpaired) electrons. The summed E-state index contributed by atoms with van der Waals surface area (Å²) in [6.07, 6.45) is 1.42. The van der Waals surface area contributed by atoms with Gasteiger partial charge in [0.05, 0.1) is 13.3 Å². The number of amides is 2. The average molecular weight is 263 g/mol. The summed E-state index contributed by atoms with van der Waals surface area (Å²) in [7, 11) is 1.54. The van der Waals surface area contributed by atoms with Gasteiger partial charge in [-0.25, -0.2) is 5.43 Å². The summed E-state index contributed by atoms with van der Waals surface area (Å²) in [6.45, 7) is 3.53. The first-order valence-electron chi connectivity index (χ1n) is 5.81. The molecule has 0 unspecified atom stereocenters. The lowest BCUT2D eigenvalue weighted by molar-refractivity contribution is -0.139. The summed E-state index contributed by atoms with van der Waals surface area (Å²) in [6, 6.07) is 7.09. The Morgan fingerprint density at radius 1 is 1.26 bits per heavy atom. The molecule has 1 aromatic carbocycles. The number of carbonyl (C=O) groups excluding carboxylic acids is 2. The van der Waals surface area contributed by atoms with E-state index in [2.05, 4.69) is 15.8 Å². The molecule has 2 N–H and O–H groups in total. The van der Waals surface area contributed by atoms with Crippen molar-refractivity contribution in [1.29, 1.82) is 0 Å². The molecule has 0 bridgehead atoms. The second-order valence-corrected chi connectivity index (χ2v) is 4.07. The molecule has 0 fully saturated rings. The minimum atomic E-state index is -0.806. The number of ether oxygens (including phenoxy) is 1. The van der Waals surface area contributed by atoms with Gasteiger partial charge >= 0.3 is 11.8 Å². The predicted octanol–water partition coefficient (Wildman–Crippen LogP) is 0.670. The van der Waals surface area contributed by atoms with Crippen LogP contribution in [0.4, 0.5) is 0 Å². The van der Waals surface area contributed by atoms with Gasteiger partial charge in [-0.1, -0.05) is 12.1 Å². The van der Waals surface area contributed by atoms with Crippen LogP contribution in [0.1, 0.15) is 19.4 Å². The lowest BCUT2D eigenvalue weighted by Crippen LogP contribution is -2.41. The van der Waals surface area contributed by atoms with E-state index >= 15 is 0 Å². The molecule has 2 amide bonds. The maximum Gasteiger partial charge on any atom is 0.329 e. The van der Waals surface area contributed by atoms with Crippen molar-refractivity contribution in [2.24, 2.45) is 5.10 Å². The molecular formula is C13H17N3O3. The molecule has 19 heavy (non-hydrogen) atoms. The molecule has 0 saturated carbocycles. The third kappa shape index (κ3) is 4.79. The van der Waals surface area contributed by atoms with E-state index < -0.39 is 11.8 Å². The van der Waals surface area contributed by atoms with Crippen molar-refractivity contribution in [2.45, 2.75) is 19.9 Å². The van der Waals surface area contributed by atoms with E-state index in [0.717, 1.165) is 0 Å². The molecule has 0 aliphatic rings. The number of benzene rings is 1. The first-order chi connectivity index (χ1) is 9.04. The summed E-state index contributed by atoms with van der Waals surface area (Å²) >= 11 is 0. The van der Waals surface area contributed by atoms with Crippen LogP contribution >= 0.6 is 0 Å². The Bertz CT molecular complexity index is 484. The summed E-state index contributed by atoms with van der Waals surface area (Å²) in [5.41, 5.74) is 2.85. The molecule has 0 heterocycles. The summed E-state index contributed by atoms with van der Waals surface area (Å²) < 4.78 is 5.12. The maximum absolute atomic E-state index is 11.4. The number of hydrazone groups is 1. The van der Waals surface area contributed by atoms with E-state index in [9.17, 15) is 9.59 Å². The highest BCUT2D eigenvalue weighted by molar-refractivity contribution is 6.35. The quantitative estimate of drug-likeness (QED) is 0.476. The predicted molar refractivity (Wildman–Crippen MR) is 72.0 cm³/mol. The van der Waals surface area contributed by atoms with Crippen LogP contribution in [-0.4, -0.2) is 31.2 Å². The zero-order chi connectivity index (χ0) is 14.3. The van der Waals surface area contributed by atoms with E-state index in [0.29, 0.717) is 11.3 Å². The highest BCUT2D eigenvalue weighted by atomic mass is 16.5. The Morgan fingerprint density at radius 3 is 2.58 bits per heavy atom. The number of hydrogen-bond acceptors (Lipinski definition) is 4. The largest absolute Gasteiger partial charge is 0.496 e. The normalized spacial score (nSPS) is 10.5. The fourth-order valence-corrected chi connectivity index (χ4v) is 1.31. The van der Waals surface area contributed by atoms with Crippen LogP contribution in [0.15, 0.2) is 29.4 Å².